The van der Waals surface area contributed by atoms with Crippen molar-refractivity contribution in [3.05, 3.63) is 39.4 Å². The van der Waals surface area contributed by atoms with Gasteiger partial charge in [-0.25, -0.2) is 11.0 Å². The largest absolute Gasteiger partial charge is 2.00 e. The van der Waals surface area contributed by atoms with Gasteiger partial charge in [0.2, 0.25) is 0 Å². The van der Waals surface area contributed by atoms with E-state index in [2.05, 4.69) is 11.0 Å². The van der Waals surface area contributed by atoms with E-state index < -0.39 is 34.5 Å². The zero-order valence-electron chi connectivity index (χ0n) is 14.0. The van der Waals surface area contributed by atoms with Gasteiger partial charge in [-0.2, -0.15) is 0 Å². The Balaban J connectivity index is 0.000000531. The fraction of sp³-hybridized carbons (Fsp3) is 0.467. The van der Waals surface area contributed by atoms with Crippen LogP contribution in [0.1, 0.15) is 41.6 Å². The molecule has 1 aromatic carbocycles. The number of non-ortho nitro benzene ring substituents is 1. The molecule has 1 aromatic rings. The van der Waals surface area contributed by atoms with Gasteiger partial charge in [0.25, 0.3) is 5.69 Å². The van der Waals surface area contributed by atoms with Crippen molar-refractivity contribution in [2.75, 3.05) is 0 Å². The number of carboxylic acid groups (broad SMARTS) is 2. The Kier molecular flexibility index (Phi) is 11.6. The summed E-state index contributed by atoms with van der Waals surface area (Å²) in [6.45, 7) is 0. The Bertz CT molecular complexity index is 646. The van der Waals surface area contributed by atoms with Gasteiger partial charge < -0.3 is 30.2 Å². The van der Waals surface area contributed by atoms with Gasteiger partial charge in [0.15, 0.2) is 0 Å². The quantitative estimate of drug-likeness (QED) is 0.234. The minimum absolute atomic E-state index is 0. The van der Waals surface area contributed by atoms with Crippen LogP contribution in [0.3, 0.4) is 0 Å². The monoisotopic (exact) mass is 564 g/mol. The first-order valence-electron chi connectivity index (χ1n) is 7.77. The molecule has 0 amide bonds. The normalized spacial score (nSPS) is 18.4. The summed E-state index contributed by atoms with van der Waals surface area (Å²) in [5, 5.41) is 48.5. The van der Waals surface area contributed by atoms with Crippen LogP contribution in [0, 0.1) is 10.1 Å². The molecule has 0 aliphatic heterocycles. The smallest absolute Gasteiger partial charge is 0.550 e. The van der Waals surface area contributed by atoms with Crippen LogP contribution in [0.25, 0.3) is 0 Å². The molecule has 152 valence electrons. The molecule has 0 spiro atoms. The van der Waals surface area contributed by atoms with E-state index in [0.29, 0.717) is 0 Å². The van der Waals surface area contributed by atoms with Crippen molar-refractivity contribution in [2.45, 2.75) is 44.2 Å². The first-order chi connectivity index (χ1) is 12.3. The van der Waals surface area contributed by atoms with E-state index in [-0.39, 0.29) is 38.7 Å². The predicted molar refractivity (Wildman–Crippen MR) is 82.0 cm³/mol. The Hall–Kier alpha value is -1.91. The van der Waals surface area contributed by atoms with Gasteiger partial charge >= 0.3 is 21.1 Å². The number of carbonyl (C=O) groups is 2. The molecule has 2 unspecified atom stereocenters. The first-order valence-corrected chi connectivity index (χ1v) is 7.77. The minimum atomic E-state index is -1.67. The molecule has 1 aliphatic rings. The molecule has 1 aliphatic carbocycles. The van der Waals surface area contributed by atoms with Crippen molar-refractivity contribution in [2.24, 2.45) is 0 Å². The maximum atomic E-state index is 10.6. The van der Waals surface area contributed by atoms with Crippen LogP contribution in [0.4, 0.5) is 5.69 Å². The Morgan fingerprint density at radius 2 is 1.63 bits per heavy atom. The van der Waals surface area contributed by atoms with E-state index >= 15 is 0 Å². The molecule has 0 radical (unpaired) electrons. The molecule has 2 atom stereocenters. The standard InChI is InChI=1S/C9H7NO6.C6H14N2O2.Pt/c11-8(12)3-5-1-2-6(10(15)16)4-7(5)9(13)14;9-7-5-3-1-2-4-6(5)8-10;/h1-2,4H,3H2,(H,11,12)(H,13,14);5-10H,1-4H2;/q;;+2/p-2. The number of nitrogens with zero attached hydrogens (tertiary/aromatic N) is 1. The van der Waals surface area contributed by atoms with Gasteiger partial charge in [0, 0.05) is 42.2 Å². The van der Waals surface area contributed by atoms with Crippen molar-refractivity contribution < 1.29 is 56.2 Å². The second-order valence-corrected chi connectivity index (χ2v) is 5.69. The van der Waals surface area contributed by atoms with Crippen molar-refractivity contribution in [1.29, 1.82) is 0 Å². The maximum Gasteiger partial charge on any atom is 2.00 e. The number of nitrogens with one attached hydrogen (secondary N) is 2. The van der Waals surface area contributed by atoms with Gasteiger partial charge in [0.05, 0.1) is 10.9 Å². The average molecular weight is 564 g/mol. The van der Waals surface area contributed by atoms with Crippen molar-refractivity contribution >= 4 is 17.6 Å². The van der Waals surface area contributed by atoms with Gasteiger partial charge in [-0.15, -0.1) is 0 Å². The van der Waals surface area contributed by atoms with E-state index in [0.717, 1.165) is 43.9 Å². The van der Waals surface area contributed by atoms with E-state index in [9.17, 15) is 29.9 Å². The molecule has 0 heterocycles. The zero-order valence-corrected chi connectivity index (χ0v) is 16.3. The second kappa shape index (κ2) is 12.5. The van der Waals surface area contributed by atoms with Gasteiger partial charge in [-0.1, -0.05) is 18.9 Å². The van der Waals surface area contributed by atoms with E-state index in [1.54, 1.807) is 0 Å². The molecule has 4 N–H and O–H groups in total. The van der Waals surface area contributed by atoms with Crippen LogP contribution in [0.15, 0.2) is 18.2 Å². The molecule has 0 bridgehead atoms. The Morgan fingerprint density at radius 3 is 2.00 bits per heavy atom. The summed E-state index contributed by atoms with van der Waals surface area (Å²) in [6.07, 6.45) is 3.46. The molecule has 2 rings (SSSR count). The van der Waals surface area contributed by atoms with Crippen LogP contribution in [-0.4, -0.2) is 39.4 Å². The van der Waals surface area contributed by atoms with Gasteiger partial charge in [0.1, 0.15) is 0 Å². The number of hydroxylamine groups is 2. The van der Waals surface area contributed by atoms with Crippen LogP contribution in [-0.2, 0) is 32.3 Å². The topological polar surface area (TPSA) is 188 Å². The number of benzene rings is 1. The number of rotatable bonds is 6. The number of hydrogen-bond acceptors (Lipinski definition) is 10. The van der Waals surface area contributed by atoms with Crippen LogP contribution >= 0.6 is 0 Å². The molecule has 0 saturated heterocycles. The second-order valence-electron chi connectivity index (χ2n) is 5.69. The van der Waals surface area contributed by atoms with Crippen molar-refractivity contribution in [3.8, 4) is 0 Å². The van der Waals surface area contributed by atoms with E-state index in [1.165, 1.54) is 0 Å². The molecule has 1 saturated carbocycles. The third-order valence-electron chi connectivity index (χ3n) is 3.96. The average Bonchev–Trinajstić information content (AvgIpc) is 2.61. The molecular formula is C15H19N3O8Pt. The van der Waals surface area contributed by atoms with E-state index in [4.69, 9.17) is 10.4 Å². The van der Waals surface area contributed by atoms with Crippen LogP contribution in [0.5, 0.6) is 0 Å². The van der Waals surface area contributed by atoms with Gasteiger partial charge in [-0.05, 0) is 18.4 Å². The number of nitro benzene ring substituents is 1. The van der Waals surface area contributed by atoms with Crippen LogP contribution in [0.2, 0.25) is 0 Å². The van der Waals surface area contributed by atoms with E-state index in [1.807, 2.05) is 0 Å². The van der Waals surface area contributed by atoms with Crippen molar-refractivity contribution in [3.63, 3.8) is 0 Å². The minimum Gasteiger partial charge on any atom is -0.550 e. The van der Waals surface area contributed by atoms with Crippen molar-refractivity contribution in [1.82, 2.24) is 11.0 Å². The number of aromatic carboxylic acids is 1. The summed E-state index contributed by atoms with van der Waals surface area (Å²) in [7, 11) is 0. The summed E-state index contributed by atoms with van der Waals surface area (Å²) in [4.78, 5) is 30.5. The summed E-state index contributed by atoms with van der Waals surface area (Å²) < 4.78 is 0. The Morgan fingerprint density at radius 1 is 1.11 bits per heavy atom. The third-order valence-corrected chi connectivity index (χ3v) is 3.96. The number of carbonyl (C=O) groups excluding carboxylic acids is 2. The molecule has 12 heteroatoms. The summed E-state index contributed by atoms with van der Waals surface area (Å²) in [6, 6.07) is 2.86. The maximum absolute atomic E-state index is 10.6. The Labute approximate surface area is 168 Å². The van der Waals surface area contributed by atoms with Gasteiger partial charge in [-0.3, -0.25) is 10.1 Å². The summed E-state index contributed by atoms with van der Waals surface area (Å²) >= 11 is 0. The number of nitro groups is 1. The SMILES string of the molecule is O=C([O-])Cc1ccc([N+](=O)[O-])cc1C(=O)[O-].ONC1CCCCC1NO.[Pt+2]. The molecule has 11 nitrogen and oxygen atoms in total. The number of hydrogen-bond donors (Lipinski definition) is 4. The first kappa shape index (κ1) is 25.1. The molecule has 27 heavy (non-hydrogen) atoms. The third kappa shape index (κ3) is 8.10. The predicted octanol–water partition coefficient (Wildman–Crippen LogP) is -1.50. The summed E-state index contributed by atoms with van der Waals surface area (Å²) in [5.41, 5.74) is 3.31. The molecule has 0 aromatic heterocycles. The fourth-order valence-electron chi connectivity index (χ4n) is 2.62. The zero-order chi connectivity index (χ0) is 19.7. The number of aliphatic carboxylic acids is 1. The summed E-state index contributed by atoms with van der Waals surface area (Å²) in [5.74, 6) is -3.14. The molecular weight excluding hydrogens is 545 g/mol. The van der Waals surface area contributed by atoms with Crippen LogP contribution < -0.4 is 21.2 Å². The number of carboxylic acids is 2. The fourth-order valence-corrected chi connectivity index (χ4v) is 2.62. The molecule has 1 fully saturated rings.